The van der Waals surface area contributed by atoms with Gasteiger partial charge >= 0.3 is 0 Å². The van der Waals surface area contributed by atoms with Crippen LogP contribution >= 0.6 is 0 Å². The third-order valence-electron chi connectivity index (χ3n) is 6.67. The monoisotopic (exact) mass is 476 g/mol. The highest BCUT2D eigenvalue weighted by molar-refractivity contribution is 6.74. The maximum Gasteiger partial charge on any atom is 0.271 e. The highest BCUT2D eigenvalue weighted by Crippen LogP contribution is 2.37. The lowest BCUT2D eigenvalue weighted by Gasteiger charge is -2.39. The molecule has 0 saturated carbocycles. The number of nitrogens with two attached hydrogens (primary N) is 1. The van der Waals surface area contributed by atoms with Gasteiger partial charge in [-0.1, -0.05) is 20.8 Å². The minimum Gasteiger partial charge on any atom is -0.493 e. The summed E-state index contributed by atoms with van der Waals surface area (Å²) in [5.74, 6) is -0.0811. The number of ether oxygens (including phenoxy) is 2. The number of amides is 2. The first kappa shape index (κ1) is 25.2. The van der Waals surface area contributed by atoms with E-state index in [-0.39, 0.29) is 11.6 Å². The predicted molar refractivity (Wildman–Crippen MR) is 129 cm³/mol. The molecule has 2 heterocycles. The lowest BCUT2D eigenvalue weighted by molar-refractivity contribution is -0.124. The fraction of sp³-hybridized carbons (Fsp3) is 0.609. The molecule has 9 nitrogen and oxygen atoms in total. The average molecular weight is 477 g/mol. The van der Waals surface area contributed by atoms with Gasteiger partial charge in [0.25, 0.3) is 5.91 Å². The van der Waals surface area contributed by atoms with Gasteiger partial charge in [0, 0.05) is 18.4 Å². The molecule has 0 bridgehead atoms. The van der Waals surface area contributed by atoms with Crippen LogP contribution in [0.5, 0.6) is 5.75 Å². The van der Waals surface area contributed by atoms with E-state index < -0.39 is 25.7 Å². The van der Waals surface area contributed by atoms with Gasteiger partial charge in [0.15, 0.2) is 8.32 Å². The second kappa shape index (κ2) is 9.07. The number of nitrogens with zero attached hydrogens (tertiary/aromatic N) is 2. The summed E-state index contributed by atoms with van der Waals surface area (Å²) in [7, 11) is -0.470. The van der Waals surface area contributed by atoms with Gasteiger partial charge in [-0.2, -0.15) is 5.10 Å². The van der Waals surface area contributed by atoms with E-state index in [1.165, 1.54) is 4.68 Å². The molecule has 2 amide bonds. The minimum absolute atomic E-state index is 0.00182. The van der Waals surface area contributed by atoms with Gasteiger partial charge in [-0.05, 0) is 43.3 Å². The Bertz CT molecular complexity index is 1040. The van der Waals surface area contributed by atoms with E-state index >= 15 is 0 Å². The Labute approximate surface area is 196 Å². The van der Waals surface area contributed by atoms with Gasteiger partial charge < -0.3 is 25.0 Å². The molecule has 3 rings (SSSR count). The van der Waals surface area contributed by atoms with Gasteiger partial charge in [0.1, 0.15) is 17.0 Å². The normalized spacial score (nSPS) is 16.8. The van der Waals surface area contributed by atoms with Crippen molar-refractivity contribution in [1.29, 1.82) is 0 Å². The fourth-order valence-corrected chi connectivity index (χ4v) is 4.23. The van der Waals surface area contributed by atoms with Gasteiger partial charge in [-0.15, -0.1) is 0 Å². The third-order valence-corrected chi connectivity index (χ3v) is 11.2. The van der Waals surface area contributed by atoms with E-state index in [1.807, 2.05) is 12.1 Å². The number of carbonyl (C=O) groups excluding carboxylic acids is 2. The Morgan fingerprint density at radius 2 is 1.94 bits per heavy atom. The quantitative estimate of drug-likeness (QED) is 0.537. The zero-order chi connectivity index (χ0) is 24.6. The lowest BCUT2D eigenvalue weighted by atomic mass is 10.0. The van der Waals surface area contributed by atoms with Crippen LogP contribution in [-0.2, 0) is 21.0 Å². The maximum atomic E-state index is 13.3. The Morgan fingerprint density at radius 1 is 1.27 bits per heavy atom. The summed E-state index contributed by atoms with van der Waals surface area (Å²) in [6.07, 6.45) is 0. The molecule has 0 radical (unpaired) electrons. The van der Waals surface area contributed by atoms with Crippen molar-refractivity contribution in [3.05, 3.63) is 23.9 Å². The molecule has 2 aromatic rings. The fourth-order valence-electron chi connectivity index (χ4n) is 3.15. The number of hydrogen-bond acceptors (Lipinski definition) is 6. The SMILES string of the molecule is Cn1nc2ccc(OCC3COC3)cc2c1C(=O)NC(C)(CO[Si](C)(C)C(C)(C)C)C(N)=O. The third kappa shape index (κ3) is 5.39. The summed E-state index contributed by atoms with van der Waals surface area (Å²) < 4.78 is 18.8. The first-order valence-electron chi connectivity index (χ1n) is 11.2. The van der Waals surface area contributed by atoms with Gasteiger partial charge in [0.05, 0.1) is 31.9 Å². The van der Waals surface area contributed by atoms with Crippen molar-refractivity contribution in [2.24, 2.45) is 18.7 Å². The Hall–Kier alpha value is -2.43. The van der Waals surface area contributed by atoms with Crippen LogP contribution in [0.2, 0.25) is 18.1 Å². The van der Waals surface area contributed by atoms with Crippen LogP contribution in [0.1, 0.15) is 38.2 Å². The van der Waals surface area contributed by atoms with Crippen molar-refractivity contribution in [2.45, 2.75) is 51.4 Å². The van der Waals surface area contributed by atoms with Crippen molar-refractivity contribution < 1.29 is 23.5 Å². The van der Waals surface area contributed by atoms with Crippen molar-refractivity contribution >= 4 is 31.0 Å². The minimum atomic E-state index is -2.16. The van der Waals surface area contributed by atoms with E-state index in [0.717, 1.165) is 0 Å². The number of rotatable bonds is 9. The molecule has 1 aliphatic rings. The van der Waals surface area contributed by atoms with Crippen LogP contribution in [0, 0.1) is 5.92 Å². The summed E-state index contributed by atoms with van der Waals surface area (Å²) in [6.45, 7) is 14.0. The molecule has 182 valence electrons. The highest BCUT2D eigenvalue weighted by atomic mass is 28.4. The molecule has 1 saturated heterocycles. The van der Waals surface area contributed by atoms with Crippen molar-refractivity contribution in [2.75, 3.05) is 26.4 Å². The Kier molecular flexibility index (Phi) is 6.93. The van der Waals surface area contributed by atoms with Crippen LogP contribution < -0.4 is 15.8 Å². The van der Waals surface area contributed by atoms with Crippen LogP contribution in [0.4, 0.5) is 0 Å². The number of nitrogens with one attached hydrogen (secondary N) is 1. The average Bonchev–Trinajstić information content (AvgIpc) is 2.99. The molecule has 33 heavy (non-hydrogen) atoms. The zero-order valence-corrected chi connectivity index (χ0v) is 21.7. The number of carbonyl (C=O) groups is 2. The van der Waals surface area contributed by atoms with Gasteiger partial charge in [0.2, 0.25) is 5.91 Å². The summed E-state index contributed by atoms with van der Waals surface area (Å²) >= 11 is 0. The van der Waals surface area contributed by atoms with Crippen LogP contribution in [0.15, 0.2) is 18.2 Å². The Balaban J connectivity index is 1.82. The molecule has 1 fully saturated rings. The summed E-state index contributed by atoms with van der Waals surface area (Å²) in [6, 6.07) is 5.44. The smallest absolute Gasteiger partial charge is 0.271 e. The Morgan fingerprint density at radius 3 is 2.48 bits per heavy atom. The van der Waals surface area contributed by atoms with Crippen LogP contribution in [-0.4, -0.2) is 61.9 Å². The number of aromatic nitrogens is 2. The van der Waals surface area contributed by atoms with E-state index in [1.54, 1.807) is 20.0 Å². The standard InChI is InChI=1S/C23H36N4O5Si/c1-22(2,3)33(6,7)32-14-23(4,21(24)29)25-20(28)19-17-10-16(31-13-15-11-30-12-15)8-9-18(17)26-27(19)5/h8-10,15H,11-14H2,1-7H3,(H2,24,29)(H,25,28). The van der Waals surface area contributed by atoms with E-state index in [2.05, 4.69) is 44.3 Å². The second-order valence-electron chi connectivity index (χ2n) is 10.6. The van der Waals surface area contributed by atoms with E-state index in [9.17, 15) is 9.59 Å². The molecule has 1 aliphatic heterocycles. The highest BCUT2D eigenvalue weighted by Gasteiger charge is 2.42. The first-order chi connectivity index (χ1) is 15.2. The van der Waals surface area contributed by atoms with Gasteiger partial charge in [-0.3, -0.25) is 14.3 Å². The second-order valence-corrected chi connectivity index (χ2v) is 15.4. The lowest BCUT2D eigenvalue weighted by Crippen LogP contribution is -2.60. The molecule has 1 atom stereocenters. The number of fused-ring (bicyclic) bond motifs is 1. The van der Waals surface area contributed by atoms with Gasteiger partial charge in [-0.25, -0.2) is 0 Å². The predicted octanol–water partition coefficient (Wildman–Crippen LogP) is 2.59. The molecular weight excluding hydrogens is 440 g/mol. The van der Waals surface area contributed by atoms with Crippen LogP contribution in [0.3, 0.4) is 0 Å². The number of hydrogen-bond donors (Lipinski definition) is 2. The molecule has 0 aliphatic carbocycles. The van der Waals surface area contributed by atoms with E-state index in [4.69, 9.17) is 19.6 Å². The largest absolute Gasteiger partial charge is 0.493 e. The van der Waals surface area contributed by atoms with Crippen LogP contribution in [0.25, 0.3) is 10.9 Å². The molecular formula is C23H36N4O5Si. The van der Waals surface area contributed by atoms with Crippen molar-refractivity contribution in [3.63, 3.8) is 0 Å². The maximum absolute atomic E-state index is 13.3. The molecule has 3 N–H and O–H groups in total. The molecule has 1 aromatic carbocycles. The number of primary amides is 1. The van der Waals surface area contributed by atoms with Crippen molar-refractivity contribution in [3.8, 4) is 5.75 Å². The van der Waals surface area contributed by atoms with E-state index in [0.29, 0.717) is 48.1 Å². The molecule has 1 unspecified atom stereocenters. The first-order valence-corrected chi connectivity index (χ1v) is 14.1. The summed E-state index contributed by atoms with van der Waals surface area (Å²) in [5, 5.41) is 7.82. The topological polar surface area (TPSA) is 118 Å². The van der Waals surface area contributed by atoms with Crippen molar-refractivity contribution in [1.82, 2.24) is 15.1 Å². The molecule has 1 aromatic heterocycles. The molecule has 10 heteroatoms. The zero-order valence-electron chi connectivity index (χ0n) is 20.7. The summed E-state index contributed by atoms with van der Waals surface area (Å²) in [5.41, 5.74) is 5.30. The molecule has 0 spiro atoms. The number of benzene rings is 1. The number of aryl methyl sites for hydroxylation is 1. The summed E-state index contributed by atoms with van der Waals surface area (Å²) in [4.78, 5) is 25.7.